The predicted molar refractivity (Wildman–Crippen MR) is 137 cm³/mol. The maximum absolute atomic E-state index is 15.1. The standard InChI is InChI=1S/C26H21BrF5N5O5/c1-12-14(9-34-36(12)2)10-37(25(39)40)11-18(41-17-8-7-16(28)19(20(17)29)23(33)38)24-35-21(22(27)42-24)13-3-5-15(6-4-13)26(30,31)32/h3-9,18H,10-11H2,1-2H3,(H2,33,38)(H,39,40)/p-1. The number of aromatic nitrogens is 3. The van der Waals surface area contributed by atoms with Crippen molar-refractivity contribution in [1.82, 2.24) is 19.7 Å². The number of hydrogen-bond donors (Lipinski definition) is 1. The third kappa shape index (κ3) is 6.37. The molecule has 0 spiro atoms. The lowest BCUT2D eigenvalue weighted by Crippen LogP contribution is -2.43. The molecule has 2 aromatic carbocycles. The molecule has 42 heavy (non-hydrogen) atoms. The Labute approximate surface area is 242 Å². The minimum Gasteiger partial charge on any atom is -0.530 e. The topological polar surface area (TPSA) is 140 Å². The van der Waals surface area contributed by atoms with Gasteiger partial charge in [-0.1, -0.05) is 12.1 Å². The molecule has 0 aliphatic rings. The smallest absolute Gasteiger partial charge is 0.416 e. The number of nitrogens with two attached hydrogens (primary N) is 1. The quantitative estimate of drug-likeness (QED) is 0.262. The van der Waals surface area contributed by atoms with Crippen LogP contribution in [-0.2, 0) is 19.8 Å². The van der Waals surface area contributed by atoms with Crippen molar-refractivity contribution in [1.29, 1.82) is 0 Å². The number of nitrogens with zero attached hydrogens (tertiary/aromatic N) is 4. The van der Waals surface area contributed by atoms with E-state index in [1.165, 1.54) is 10.9 Å². The van der Waals surface area contributed by atoms with Crippen LogP contribution in [0, 0.1) is 18.6 Å². The molecule has 0 radical (unpaired) electrons. The van der Waals surface area contributed by atoms with E-state index in [0.29, 0.717) is 11.3 Å². The normalized spacial score (nSPS) is 12.3. The second kappa shape index (κ2) is 11.8. The van der Waals surface area contributed by atoms with Gasteiger partial charge in [0.05, 0.1) is 18.3 Å². The zero-order valence-electron chi connectivity index (χ0n) is 21.7. The molecular formula is C26H20BrF5N5O5-. The molecule has 4 aromatic rings. The second-order valence-electron chi connectivity index (χ2n) is 8.98. The summed E-state index contributed by atoms with van der Waals surface area (Å²) in [5.74, 6) is -5.15. The molecule has 2 amide bonds. The van der Waals surface area contributed by atoms with Gasteiger partial charge in [-0.3, -0.25) is 9.48 Å². The number of halogens is 6. The number of ether oxygens (including phenoxy) is 1. The zero-order chi connectivity index (χ0) is 30.9. The molecule has 10 nitrogen and oxygen atoms in total. The van der Waals surface area contributed by atoms with Crippen molar-refractivity contribution in [3.05, 3.63) is 87.2 Å². The van der Waals surface area contributed by atoms with Crippen molar-refractivity contribution in [3.63, 3.8) is 0 Å². The van der Waals surface area contributed by atoms with Crippen molar-refractivity contribution < 1.29 is 45.8 Å². The van der Waals surface area contributed by atoms with Crippen molar-refractivity contribution in [3.8, 4) is 17.0 Å². The summed E-state index contributed by atoms with van der Waals surface area (Å²) in [5, 5.41) is 16.2. The third-order valence-electron chi connectivity index (χ3n) is 6.28. The fourth-order valence-electron chi connectivity index (χ4n) is 3.93. The zero-order valence-corrected chi connectivity index (χ0v) is 23.3. The van der Waals surface area contributed by atoms with E-state index >= 15 is 4.39 Å². The van der Waals surface area contributed by atoms with E-state index in [9.17, 15) is 32.3 Å². The molecule has 0 saturated carbocycles. The number of primary amides is 1. The number of oxazole rings is 1. The van der Waals surface area contributed by atoms with Crippen molar-refractivity contribution in [2.24, 2.45) is 12.8 Å². The summed E-state index contributed by atoms with van der Waals surface area (Å²) in [6.07, 6.45) is -6.34. The molecule has 0 saturated heterocycles. The van der Waals surface area contributed by atoms with E-state index in [-0.39, 0.29) is 28.4 Å². The summed E-state index contributed by atoms with van der Waals surface area (Å²) in [5.41, 5.74) is 4.45. The van der Waals surface area contributed by atoms with Gasteiger partial charge < -0.3 is 29.7 Å². The molecule has 0 fully saturated rings. The van der Waals surface area contributed by atoms with Crippen LogP contribution in [0.4, 0.5) is 26.7 Å². The Balaban J connectivity index is 1.75. The molecule has 222 valence electrons. The van der Waals surface area contributed by atoms with Crippen LogP contribution in [0.5, 0.6) is 5.75 Å². The fraction of sp³-hybridized carbons (Fsp3) is 0.231. The number of carboxylic acid groups (broad SMARTS) is 1. The van der Waals surface area contributed by atoms with Crippen LogP contribution in [0.15, 0.2) is 51.7 Å². The third-order valence-corrected chi connectivity index (χ3v) is 6.81. The van der Waals surface area contributed by atoms with Gasteiger partial charge in [0.15, 0.2) is 22.3 Å². The highest BCUT2D eigenvalue weighted by atomic mass is 79.9. The average molecular weight is 657 g/mol. The largest absolute Gasteiger partial charge is 0.530 e. The van der Waals surface area contributed by atoms with Crippen molar-refractivity contribution in [2.45, 2.75) is 25.7 Å². The van der Waals surface area contributed by atoms with Gasteiger partial charge in [0.1, 0.15) is 23.2 Å². The molecule has 2 heterocycles. The van der Waals surface area contributed by atoms with Gasteiger partial charge in [-0.2, -0.15) is 18.3 Å². The van der Waals surface area contributed by atoms with E-state index < -0.39 is 59.3 Å². The van der Waals surface area contributed by atoms with Gasteiger partial charge in [0.2, 0.25) is 5.89 Å². The Hall–Kier alpha value is -4.47. The van der Waals surface area contributed by atoms with Crippen molar-refractivity contribution in [2.75, 3.05) is 6.54 Å². The van der Waals surface area contributed by atoms with Crippen molar-refractivity contribution >= 4 is 27.9 Å². The average Bonchev–Trinajstić information content (AvgIpc) is 3.45. The number of benzene rings is 2. The summed E-state index contributed by atoms with van der Waals surface area (Å²) in [6.45, 7) is 0.872. The summed E-state index contributed by atoms with van der Waals surface area (Å²) in [4.78, 5) is 28.8. The predicted octanol–water partition coefficient (Wildman–Crippen LogP) is 4.51. The van der Waals surface area contributed by atoms with Gasteiger partial charge in [0.25, 0.3) is 5.91 Å². The Morgan fingerprint density at radius 3 is 2.40 bits per heavy atom. The first-order valence-corrected chi connectivity index (χ1v) is 12.7. The number of aryl methyl sites for hydroxylation is 1. The number of rotatable bonds is 9. The Kier molecular flexibility index (Phi) is 8.56. The van der Waals surface area contributed by atoms with Gasteiger partial charge in [-0.05, 0) is 47.1 Å². The minimum absolute atomic E-state index is 0.0211. The lowest BCUT2D eigenvalue weighted by molar-refractivity contribution is -0.267. The van der Waals surface area contributed by atoms with Gasteiger partial charge in [0, 0.05) is 30.4 Å². The Morgan fingerprint density at radius 2 is 1.86 bits per heavy atom. The fourth-order valence-corrected chi connectivity index (χ4v) is 4.41. The molecule has 0 aliphatic heterocycles. The molecule has 4 rings (SSSR count). The van der Waals surface area contributed by atoms with E-state index in [0.717, 1.165) is 41.3 Å². The van der Waals surface area contributed by atoms with E-state index in [4.69, 9.17) is 14.9 Å². The van der Waals surface area contributed by atoms with Crippen LogP contribution in [0.1, 0.15) is 39.2 Å². The first-order chi connectivity index (χ1) is 19.7. The van der Waals surface area contributed by atoms with Gasteiger partial charge in [-0.15, -0.1) is 0 Å². The Morgan fingerprint density at radius 1 is 1.19 bits per heavy atom. The van der Waals surface area contributed by atoms with E-state index in [2.05, 4.69) is 26.0 Å². The van der Waals surface area contributed by atoms with Crippen LogP contribution in [0.3, 0.4) is 0 Å². The maximum Gasteiger partial charge on any atom is 0.416 e. The molecule has 1 atom stereocenters. The number of hydrogen-bond acceptors (Lipinski definition) is 7. The van der Waals surface area contributed by atoms with Crippen LogP contribution in [0.25, 0.3) is 11.3 Å². The summed E-state index contributed by atoms with van der Waals surface area (Å²) in [6, 6.07) is 5.53. The summed E-state index contributed by atoms with van der Waals surface area (Å²) >= 11 is 3.14. The molecule has 2 aromatic heterocycles. The monoisotopic (exact) mass is 656 g/mol. The minimum atomic E-state index is -4.58. The summed E-state index contributed by atoms with van der Waals surface area (Å²) in [7, 11) is 1.65. The second-order valence-corrected chi connectivity index (χ2v) is 9.70. The molecular weight excluding hydrogens is 637 g/mol. The molecule has 0 aliphatic carbocycles. The van der Waals surface area contributed by atoms with Crippen LogP contribution >= 0.6 is 15.9 Å². The van der Waals surface area contributed by atoms with Crippen LogP contribution < -0.4 is 15.6 Å². The maximum atomic E-state index is 15.1. The Bertz CT molecular complexity index is 1640. The highest BCUT2D eigenvalue weighted by molar-refractivity contribution is 9.10. The summed E-state index contributed by atoms with van der Waals surface area (Å²) < 4.78 is 80.9. The van der Waals surface area contributed by atoms with Crippen LogP contribution in [-0.4, -0.2) is 38.2 Å². The first-order valence-electron chi connectivity index (χ1n) is 11.9. The molecule has 1 unspecified atom stereocenters. The lowest BCUT2D eigenvalue weighted by atomic mass is 10.1. The van der Waals surface area contributed by atoms with E-state index in [1.807, 2.05) is 0 Å². The van der Waals surface area contributed by atoms with E-state index in [1.54, 1.807) is 14.0 Å². The van der Waals surface area contributed by atoms with Crippen LogP contribution in [0.2, 0.25) is 0 Å². The number of alkyl halides is 3. The first kappa shape index (κ1) is 30.5. The van der Waals surface area contributed by atoms with Gasteiger partial charge in [-0.25, -0.2) is 13.8 Å². The molecule has 0 bridgehead atoms. The molecule has 2 N–H and O–H groups in total. The number of amides is 2. The van der Waals surface area contributed by atoms with Gasteiger partial charge >= 0.3 is 6.18 Å². The number of carbonyl (C=O) groups is 2. The SMILES string of the molecule is Cc1c(CN(CC(Oc2ccc(F)c(C(N)=O)c2F)c2nc(-c3ccc(C(F)(F)F)cc3)c(Br)o2)C(=O)[O-])cnn1C. The lowest BCUT2D eigenvalue weighted by Gasteiger charge is -2.28. The highest BCUT2D eigenvalue weighted by Gasteiger charge is 2.31. The number of carbonyl (C=O) groups excluding carboxylic acids is 2. The molecule has 16 heteroatoms. The highest BCUT2D eigenvalue weighted by Crippen LogP contribution is 2.36.